The molecule has 0 aliphatic rings. The lowest BCUT2D eigenvalue weighted by Gasteiger charge is -2.20. The van der Waals surface area contributed by atoms with Crippen LogP contribution in [0.15, 0.2) is 12.1 Å². The first-order valence-corrected chi connectivity index (χ1v) is 6.49. The lowest BCUT2D eigenvalue weighted by atomic mass is 10.1. The maximum atomic E-state index is 11.1. The number of nitrogens with two attached hydrogens (primary N) is 2. The molecule has 0 atom stereocenters. The summed E-state index contributed by atoms with van der Waals surface area (Å²) in [6, 6.07) is 3.46. The second kappa shape index (κ2) is 8.08. The Bertz CT molecular complexity index is 506. The third-order valence-corrected chi connectivity index (χ3v) is 2.89. The average molecular weight is 311 g/mol. The molecule has 0 unspecified atom stereocenters. The number of carbonyl (C=O) groups excluding carboxylic acids is 2. The number of carbonyl (C=O) groups is 2. The second-order valence-electron chi connectivity index (χ2n) is 4.61. The molecule has 0 saturated carbocycles. The number of amides is 2. The Hall–Kier alpha value is -2.48. The molecule has 1 aromatic rings. The van der Waals surface area contributed by atoms with Gasteiger partial charge in [0.2, 0.25) is 17.6 Å². The molecular formula is C14H21N3O5. The van der Waals surface area contributed by atoms with Crippen LogP contribution in [0.4, 0.5) is 0 Å². The van der Waals surface area contributed by atoms with E-state index in [-0.39, 0.29) is 19.6 Å². The van der Waals surface area contributed by atoms with Crippen LogP contribution in [0.2, 0.25) is 0 Å². The summed E-state index contributed by atoms with van der Waals surface area (Å²) in [6.45, 7) is 0.113. The standard InChI is InChI=1S/C14H21N3O5/c1-20-10-4-9(5-11(21-2)14(10)22-3)6-17(7-12(15)18)8-13(16)19/h4-5H,6-8H2,1-3H3,(H2,15,18)(H2,16,19). The number of rotatable bonds is 9. The van der Waals surface area contributed by atoms with Crippen LogP contribution in [-0.4, -0.2) is 51.1 Å². The van der Waals surface area contributed by atoms with E-state index in [4.69, 9.17) is 25.7 Å². The lowest BCUT2D eigenvalue weighted by molar-refractivity contribution is -0.122. The summed E-state index contributed by atoms with van der Waals surface area (Å²) in [6.07, 6.45) is 0. The van der Waals surface area contributed by atoms with Gasteiger partial charge in [0.05, 0.1) is 34.4 Å². The first-order valence-electron chi connectivity index (χ1n) is 6.49. The third-order valence-electron chi connectivity index (χ3n) is 2.89. The lowest BCUT2D eigenvalue weighted by Crippen LogP contribution is -2.39. The zero-order valence-electron chi connectivity index (χ0n) is 12.9. The SMILES string of the molecule is COc1cc(CN(CC(N)=O)CC(N)=O)cc(OC)c1OC. The van der Waals surface area contributed by atoms with Crippen molar-refractivity contribution in [1.29, 1.82) is 0 Å². The van der Waals surface area contributed by atoms with Gasteiger partial charge in [-0.1, -0.05) is 0 Å². The highest BCUT2D eigenvalue weighted by Gasteiger charge is 2.17. The zero-order valence-corrected chi connectivity index (χ0v) is 12.9. The second-order valence-corrected chi connectivity index (χ2v) is 4.61. The molecule has 0 aliphatic heterocycles. The van der Waals surface area contributed by atoms with Crippen LogP contribution in [0.25, 0.3) is 0 Å². The minimum atomic E-state index is -0.548. The van der Waals surface area contributed by atoms with Crippen LogP contribution in [0, 0.1) is 0 Å². The Morgan fingerprint density at radius 2 is 1.41 bits per heavy atom. The number of ether oxygens (including phenoxy) is 3. The van der Waals surface area contributed by atoms with E-state index in [9.17, 15) is 9.59 Å². The Morgan fingerprint density at radius 1 is 0.955 bits per heavy atom. The summed E-state index contributed by atoms with van der Waals surface area (Å²) >= 11 is 0. The van der Waals surface area contributed by atoms with E-state index >= 15 is 0 Å². The van der Waals surface area contributed by atoms with Crippen molar-refractivity contribution < 1.29 is 23.8 Å². The number of primary amides is 2. The predicted octanol–water partition coefficient (Wildman–Crippen LogP) is -0.515. The van der Waals surface area contributed by atoms with E-state index in [2.05, 4.69) is 0 Å². The molecule has 0 saturated heterocycles. The highest BCUT2D eigenvalue weighted by atomic mass is 16.5. The maximum Gasteiger partial charge on any atom is 0.231 e. The number of hydrogen-bond donors (Lipinski definition) is 2. The van der Waals surface area contributed by atoms with Crippen LogP contribution in [-0.2, 0) is 16.1 Å². The monoisotopic (exact) mass is 311 g/mol. The van der Waals surface area contributed by atoms with E-state index in [1.54, 1.807) is 12.1 Å². The molecule has 22 heavy (non-hydrogen) atoms. The fraction of sp³-hybridized carbons (Fsp3) is 0.429. The van der Waals surface area contributed by atoms with Gasteiger partial charge in [-0.25, -0.2) is 0 Å². The highest BCUT2D eigenvalue weighted by molar-refractivity contribution is 5.79. The first kappa shape index (κ1) is 17.6. The van der Waals surface area contributed by atoms with Gasteiger partial charge < -0.3 is 25.7 Å². The van der Waals surface area contributed by atoms with Crippen molar-refractivity contribution in [2.75, 3.05) is 34.4 Å². The minimum absolute atomic E-state index is 0.0837. The summed E-state index contributed by atoms with van der Waals surface area (Å²) in [4.78, 5) is 23.7. The average Bonchev–Trinajstić information content (AvgIpc) is 2.44. The van der Waals surface area contributed by atoms with Crippen molar-refractivity contribution in [3.8, 4) is 17.2 Å². The molecule has 0 aromatic heterocycles. The molecule has 0 heterocycles. The molecule has 122 valence electrons. The molecule has 0 radical (unpaired) electrons. The number of hydrogen-bond acceptors (Lipinski definition) is 6. The minimum Gasteiger partial charge on any atom is -0.493 e. The van der Waals surface area contributed by atoms with E-state index < -0.39 is 11.8 Å². The summed E-state index contributed by atoms with van der Waals surface area (Å²) < 4.78 is 15.7. The van der Waals surface area contributed by atoms with Crippen molar-refractivity contribution in [2.45, 2.75) is 6.54 Å². The van der Waals surface area contributed by atoms with Crippen molar-refractivity contribution >= 4 is 11.8 Å². The Labute approximate surface area is 128 Å². The summed E-state index contributed by atoms with van der Waals surface area (Å²) in [5.74, 6) is 0.331. The number of methoxy groups -OCH3 is 3. The molecule has 8 nitrogen and oxygen atoms in total. The molecule has 0 bridgehead atoms. The number of benzene rings is 1. The van der Waals surface area contributed by atoms with Gasteiger partial charge in [0, 0.05) is 6.54 Å². The molecule has 1 rings (SSSR count). The van der Waals surface area contributed by atoms with Crippen LogP contribution < -0.4 is 25.7 Å². The Balaban J connectivity index is 3.07. The van der Waals surface area contributed by atoms with Gasteiger partial charge in [-0.3, -0.25) is 14.5 Å². The van der Waals surface area contributed by atoms with Gasteiger partial charge in [0.15, 0.2) is 11.5 Å². The highest BCUT2D eigenvalue weighted by Crippen LogP contribution is 2.38. The Kier molecular flexibility index (Phi) is 6.46. The van der Waals surface area contributed by atoms with Gasteiger partial charge >= 0.3 is 0 Å². The van der Waals surface area contributed by atoms with Gasteiger partial charge in [-0.05, 0) is 17.7 Å². The molecule has 4 N–H and O–H groups in total. The molecule has 1 aromatic carbocycles. The number of nitrogens with zero attached hydrogens (tertiary/aromatic N) is 1. The van der Waals surface area contributed by atoms with Crippen molar-refractivity contribution in [2.24, 2.45) is 11.5 Å². The summed E-state index contributed by atoms with van der Waals surface area (Å²) in [7, 11) is 4.52. The molecule has 2 amide bonds. The van der Waals surface area contributed by atoms with E-state index in [0.717, 1.165) is 5.56 Å². The molecule has 8 heteroatoms. The fourth-order valence-corrected chi connectivity index (χ4v) is 2.09. The van der Waals surface area contributed by atoms with E-state index in [0.29, 0.717) is 17.2 Å². The molecular weight excluding hydrogens is 290 g/mol. The van der Waals surface area contributed by atoms with Gasteiger partial charge in [-0.15, -0.1) is 0 Å². The third kappa shape index (κ3) is 4.81. The van der Waals surface area contributed by atoms with Gasteiger partial charge in [0.1, 0.15) is 0 Å². The smallest absolute Gasteiger partial charge is 0.231 e. The first-order chi connectivity index (χ1) is 10.4. The zero-order chi connectivity index (χ0) is 16.7. The van der Waals surface area contributed by atoms with Gasteiger partial charge in [0.25, 0.3) is 0 Å². The van der Waals surface area contributed by atoms with Crippen LogP contribution in [0.5, 0.6) is 17.2 Å². The quantitative estimate of drug-likeness (QED) is 0.634. The topological polar surface area (TPSA) is 117 Å². The summed E-state index contributed by atoms with van der Waals surface area (Å²) in [5, 5.41) is 0. The van der Waals surface area contributed by atoms with Crippen LogP contribution in [0.3, 0.4) is 0 Å². The molecule has 0 fully saturated rings. The van der Waals surface area contributed by atoms with Gasteiger partial charge in [-0.2, -0.15) is 0 Å². The van der Waals surface area contributed by atoms with E-state index in [1.807, 2.05) is 0 Å². The predicted molar refractivity (Wildman–Crippen MR) is 79.8 cm³/mol. The summed E-state index contributed by atoms with van der Waals surface area (Å²) in [5.41, 5.74) is 11.1. The van der Waals surface area contributed by atoms with Crippen molar-refractivity contribution in [3.05, 3.63) is 17.7 Å². The largest absolute Gasteiger partial charge is 0.493 e. The maximum absolute atomic E-state index is 11.1. The van der Waals surface area contributed by atoms with Crippen LogP contribution >= 0.6 is 0 Å². The van der Waals surface area contributed by atoms with E-state index in [1.165, 1.54) is 26.2 Å². The fourth-order valence-electron chi connectivity index (χ4n) is 2.09. The van der Waals surface area contributed by atoms with Crippen molar-refractivity contribution in [1.82, 2.24) is 4.90 Å². The Morgan fingerprint density at radius 3 is 1.73 bits per heavy atom. The normalized spacial score (nSPS) is 10.4. The van der Waals surface area contributed by atoms with Crippen LogP contribution in [0.1, 0.15) is 5.56 Å². The molecule has 0 spiro atoms. The van der Waals surface area contributed by atoms with Crippen molar-refractivity contribution in [3.63, 3.8) is 0 Å². The molecule has 0 aliphatic carbocycles.